The number of benzene rings is 1. The molecule has 1 amide bonds. The second kappa shape index (κ2) is 5.45. The summed E-state index contributed by atoms with van der Waals surface area (Å²) in [5, 5.41) is 0.478. The van der Waals surface area contributed by atoms with Gasteiger partial charge in [-0.25, -0.2) is 0 Å². The van der Waals surface area contributed by atoms with Gasteiger partial charge in [-0.1, -0.05) is 30.7 Å². The largest absolute Gasteiger partial charge is 0.373 e. The quantitative estimate of drug-likeness (QED) is 0.877. The fraction of sp³-hybridized carbons (Fsp3) is 0.312. The monoisotopic (exact) mass is 303 g/mol. The van der Waals surface area contributed by atoms with Crippen molar-refractivity contribution in [3.8, 4) is 0 Å². The van der Waals surface area contributed by atoms with Gasteiger partial charge in [-0.15, -0.1) is 0 Å². The standard InChI is InChI=1S/C16H18ClN3O/c1-11-9-19(2)13-5-3-4-6-14(13)20(10-11)16(21)12-7-8-15(17)18-12/h3-8,11,18H,9-10H2,1-2H3. The molecule has 1 aliphatic rings. The maximum Gasteiger partial charge on any atom is 0.274 e. The Hall–Kier alpha value is -1.94. The number of H-pyrrole nitrogens is 1. The maximum atomic E-state index is 12.8. The molecular formula is C16H18ClN3O. The topological polar surface area (TPSA) is 39.3 Å². The Kier molecular flexibility index (Phi) is 3.64. The third-order valence-corrected chi connectivity index (χ3v) is 4.01. The zero-order valence-corrected chi connectivity index (χ0v) is 12.9. The summed E-state index contributed by atoms with van der Waals surface area (Å²) in [6.07, 6.45) is 0. The number of rotatable bonds is 1. The predicted octanol–water partition coefficient (Wildman–Crippen LogP) is 3.40. The molecule has 1 aromatic carbocycles. The van der Waals surface area contributed by atoms with Crippen LogP contribution in [0.25, 0.3) is 0 Å². The molecule has 21 heavy (non-hydrogen) atoms. The lowest BCUT2D eigenvalue weighted by molar-refractivity contribution is 0.0980. The van der Waals surface area contributed by atoms with Crippen LogP contribution >= 0.6 is 11.6 Å². The van der Waals surface area contributed by atoms with Crippen LogP contribution in [0.5, 0.6) is 0 Å². The van der Waals surface area contributed by atoms with Gasteiger partial charge in [0, 0.05) is 20.1 Å². The van der Waals surface area contributed by atoms with E-state index in [1.165, 1.54) is 0 Å². The second-order valence-electron chi connectivity index (χ2n) is 5.61. The van der Waals surface area contributed by atoms with Crippen LogP contribution in [0.4, 0.5) is 11.4 Å². The third-order valence-electron chi connectivity index (χ3n) is 3.79. The molecule has 1 N–H and O–H groups in total. The van der Waals surface area contributed by atoms with E-state index < -0.39 is 0 Å². The summed E-state index contributed by atoms with van der Waals surface area (Å²) in [6, 6.07) is 11.4. The van der Waals surface area contributed by atoms with Crippen LogP contribution in [0.3, 0.4) is 0 Å². The van der Waals surface area contributed by atoms with Crippen molar-refractivity contribution in [3.63, 3.8) is 0 Å². The van der Waals surface area contributed by atoms with Crippen LogP contribution in [0, 0.1) is 5.92 Å². The van der Waals surface area contributed by atoms with Crippen molar-refractivity contribution in [2.75, 3.05) is 29.9 Å². The normalized spacial score (nSPS) is 18.3. The number of para-hydroxylation sites is 2. The highest BCUT2D eigenvalue weighted by molar-refractivity contribution is 6.29. The van der Waals surface area contributed by atoms with Gasteiger partial charge in [0.25, 0.3) is 5.91 Å². The van der Waals surface area contributed by atoms with Gasteiger partial charge in [-0.3, -0.25) is 4.79 Å². The highest BCUT2D eigenvalue weighted by atomic mass is 35.5. The summed E-state index contributed by atoms with van der Waals surface area (Å²) in [7, 11) is 2.06. The third kappa shape index (κ3) is 2.63. The molecule has 0 radical (unpaired) electrons. The number of aromatic nitrogens is 1. The van der Waals surface area contributed by atoms with E-state index >= 15 is 0 Å². The Morgan fingerprint density at radius 3 is 2.57 bits per heavy atom. The van der Waals surface area contributed by atoms with E-state index in [2.05, 4.69) is 29.9 Å². The van der Waals surface area contributed by atoms with Crippen molar-refractivity contribution in [1.82, 2.24) is 4.98 Å². The molecule has 0 spiro atoms. The number of amides is 1. The molecule has 0 saturated carbocycles. The van der Waals surface area contributed by atoms with Crippen molar-refractivity contribution < 1.29 is 4.79 Å². The van der Waals surface area contributed by atoms with Gasteiger partial charge in [0.05, 0.1) is 11.4 Å². The van der Waals surface area contributed by atoms with Gasteiger partial charge < -0.3 is 14.8 Å². The van der Waals surface area contributed by atoms with Gasteiger partial charge in [0.15, 0.2) is 0 Å². The molecule has 3 rings (SSSR count). The van der Waals surface area contributed by atoms with Crippen molar-refractivity contribution in [1.29, 1.82) is 0 Å². The molecule has 0 saturated heterocycles. The van der Waals surface area contributed by atoms with E-state index in [9.17, 15) is 4.79 Å². The Bertz CT molecular complexity index is 667. The van der Waals surface area contributed by atoms with Crippen LogP contribution < -0.4 is 9.80 Å². The highest BCUT2D eigenvalue weighted by Crippen LogP contribution is 2.33. The fourth-order valence-electron chi connectivity index (χ4n) is 2.88. The van der Waals surface area contributed by atoms with Gasteiger partial charge in [0.2, 0.25) is 0 Å². The summed E-state index contributed by atoms with van der Waals surface area (Å²) >= 11 is 5.89. The van der Waals surface area contributed by atoms with E-state index in [-0.39, 0.29) is 5.91 Å². The molecule has 0 aliphatic carbocycles. The first kappa shape index (κ1) is 14.0. The lowest BCUT2D eigenvalue weighted by Gasteiger charge is -2.24. The maximum absolute atomic E-state index is 12.8. The van der Waals surface area contributed by atoms with Crippen LogP contribution in [-0.4, -0.2) is 31.0 Å². The number of hydrogen-bond acceptors (Lipinski definition) is 2. The van der Waals surface area contributed by atoms with Crippen LogP contribution in [-0.2, 0) is 0 Å². The molecule has 2 aromatic rings. The minimum atomic E-state index is -0.0449. The van der Waals surface area contributed by atoms with E-state index in [0.717, 1.165) is 17.9 Å². The van der Waals surface area contributed by atoms with Gasteiger partial charge in [-0.2, -0.15) is 0 Å². The molecule has 5 heteroatoms. The van der Waals surface area contributed by atoms with Crippen molar-refractivity contribution in [2.45, 2.75) is 6.92 Å². The molecule has 1 atom stereocenters. The molecule has 1 unspecified atom stereocenters. The number of anilines is 2. The molecule has 0 fully saturated rings. The average molecular weight is 304 g/mol. The zero-order valence-electron chi connectivity index (χ0n) is 12.1. The number of halogens is 1. The molecule has 1 aliphatic heterocycles. The van der Waals surface area contributed by atoms with E-state index in [4.69, 9.17) is 11.6 Å². The second-order valence-corrected chi connectivity index (χ2v) is 6.02. The van der Waals surface area contributed by atoms with Gasteiger partial charge >= 0.3 is 0 Å². The summed E-state index contributed by atoms with van der Waals surface area (Å²) in [5.41, 5.74) is 2.54. The van der Waals surface area contributed by atoms with E-state index in [1.807, 2.05) is 23.1 Å². The van der Waals surface area contributed by atoms with Crippen molar-refractivity contribution in [3.05, 3.63) is 47.2 Å². The van der Waals surface area contributed by atoms with Gasteiger partial charge in [-0.05, 0) is 30.2 Å². The first-order valence-corrected chi connectivity index (χ1v) is 7.40. The van der Waals surface area contributed by atoms with Crippen LogP contribution in [0.15, 0.2) is 36.4 Å². The predicted molar refractivity (Wildman–Crippen MR) is 86.4 cm³/mol. The Labute approximate surface area is 129 Å². The number of carbonyl (C=O) groups excluding carboxylic acids is 1. The number of nitrogens with zero attached hydrogens (tertiary/aromatic N) is 2. The van der Waals surface area contributed by atoms with Gasteiger partial charge in [0.1, 0.15) is 10.8 Å². The number of nitrogens with one attached hydrogen (secondary N) is 1. The summed E-state index contributed by atoms with van der Waals surface area (Å²) in [4.78, 5) is 19.8. The molecular weight excluding hydrogens is 286 g/mol. The van der Waals surface area contributed by atoms with Crippen molar-refractivity contribution >= 4 is 28.9 Å². The minimum Gasteiger partial charge on any atom is -0.373 e. The molecule has 2 heterocycles. The Morgan fingerprint density at radius 1 is 1.19 bits per heavy atom. The SMILES string of the molecule is CC1CN(C)c2ccccc2N(C(=O)c2ccc(Cl)[nH]2)C1. The van der Waals surface area contributed by atoms with Crippen molar-refractivity contribution in [2.24, 2.45) is 5.92 Å². The molecule has 4 nitrogen and oxygen atoms in total. The first-order valence-electron chi connectivity index (χ1n) is 7.03. The van der Waals surface area contributed by atoms with Crippen LogP contribution in [0.2, 0.25) is 5.15 Å². The van der Waals surface area contributed by atoms with E-state index in [1.54, 1.807) is 12.1 Å². The molecule has 1 aromatic heterocycles. The Balaban J connectivity index is 2.03. The lowest BCUT2D eigenvalue weighted by atomic mass is 10.1. The smallest absolute Gasteiger partial charge is 0.274 e. The average Bonchev–Trinajstić information content (AvgIpc) is 2.85. The molecule has 0 bridgehead atoms. The number of fused-ring (bicyclic) bond motifs is 1. The number of aromatic amines is 1. The first-order chi connectivity index (χ1) is 10.1. The summed E-state index contributed by atoms with van der Waals surface area (Å²) < 4.78 is 0. The fourth-order valence-corrected chi connectivity index (χ4v) is 3.04. The number of hydrogen-bond donors (Lipinski definition) is 1. The minimum absolute atomic E-state index is 0.0449. The molecule has 110 valence electrons. The highest BCUT2D eigenvalue weighted by Gasteiger charge is 2.27. The lowest BCUT2D eigenvalue weighted by Crippen LogP contribution is -2.35. The van der Waals surface area contributed by atoms with E-state index in [0.29, 0.717) is 23.3 Å². The Morgan fingerprint density at radius 2 is 1.90 bits per heavy atom. The number of carbonyl (C=O) groups is 1. The summed E-state index contributed by atoms with van der Waals surface area (Å²) in [5.74, 6) is 0.341. The zero-order chi connectivity index (χ0) is 15.0. The summed E-state index contributed by atoms with van der Waals surface area (Å²) in [6.45, 7) is 3.77. The van der Waals surface area contributed by atoms with Crippen LogP contribution in [0.1, 0.15) is 17.4 Å².